The van der Waals surface area contributed by atoms with Crippen molar-refractivity contribution in [3.8, 4) is 11.4 Å². The monoisotopic (exact) mass is 428 g/mol. The summed E-state index contributed by atoms with van der Waals surface area (Å²) in [6, 6.07) is 5.27. The van der Waals surface area contributed by atoms with Gasteiger partial charge < -0.3 is 19.0 Å². The van der Waals surface area contributed by atoms with Crippen molar-refractivity contribution in [2.24, 2.45) is 0 Å². The summed E-state index contributed by atoms with van der Waals surface area (Å²) in [7, 11) is 0.630. The second kappa shape index (κ2) is 7.55. The van der Waals surface area contributed by atoms with Gasteiger partial charge >= 0.3 is 13.1 Å². The van der Waals surface area contributed by atoms with Crippen LogP contribution < -0.4 is 11.0 Å². The van der Waals surface area contributed by atoms with Gasteiger partial charge in [0.15, 0.2) is 0 Å². The van der Waals surface area contributed by atoms with Gasteiger partial charge in [0.05, 0.1) is 29.6 Å². The smallest absolute Gasteiger partial charge is 0.465 e. The van der Waals surface area contributed by atoms with Crippen LogP contribution in [0.2, 0.25) is 0 Å². The number of fused-ring (bicyclic) bond motifs is 1. The SMILES string of the molecule is COC(=O)c1cc(-c2nc3c(c(=O)[nH]2)CSCC3)ccc1B1OC(C)(C)C(C)(C)O1. The van der Waals surface area contributed by atoms with Crippen molar-refractivity contribution >= 4 is 30.3 Å². The molecule has 158 valence electrons. The highest BCUT2D eigenvalue weighted by atomic mass is 32.2. The van der Waals surface area contributed by atoms with Crippen LogP contribution >= 0.6 is 11.8 Å². The highest BCUT2D eigenvalue weighted by molar-refractivity contribution is 7.98. The molecule has 0 aliphatic carbocycles. The molecule has 0 radical (unpaired) electrons. The van der Waals surface area contributed by atoms with E-state index >= 15 is 0 Å². The molecule has 0 unspecified atom stereocenters. The number of ether oxygens (including phenoxy) is 1. The number of aromatic amines is 1. The van der Waals surface area contributed by atoms with Gasteiger partial charge in [-0.2, -0.15) is 11.8 Å². The number of carbonyl (C=O) groups excluding carboxylic acids is 1. The van der Waals surface area contributed by atoms with Crippen LogP contribution in [0.25, 0.3) is 11.4 Å². The Balaban J connectivity index is 1.77. The lowest BCUT2D eigenvalue weighted by molar-refractivity contribution is 0.00578. The topological polar surface area (TPSA) is 90.5 Å². The molecular weight excluding hydrogens is 403 g/mol. The molecule has 4 rings (SSSR count). The summed E-state index contributed by atoms with van der Waals surface area (Å²) in [4.78, 5) is 32.6. The van der Waals surface area contributed by atoms with E-state index in [0.29, 0.717) is 28.2 Å². The molecule has 1 aromatic carbocycles. The summed E-state index contributed by atoms with van der Waals surface area (Å²) < 4.78 is 17.2. The van der Waals surface area contributed by atoms with E-state index in [4.69, 9.17) is 14.0 Å². The number of carbonyl (C=O) groups is 1. The van der Waals surface area contributed by atoms with E-state index in [1.54, 1.807) is 23.9 Å². The Bertz CT molecular complexity index is 1050. The average molecular weight is 428 g/mol. The maximum absolute atomic E-state index is 12.6. The number of nitrogens with zero attached hydrogens (tertiary/aromatic N) is 1. The molecule has 9 heteroatoms. The number of aryl methyl sites for hydroxylation is 1. The minimum atomic E-state index is -0.703. The lowest BCUT2D eigenvalue weighted by atomic mass is 9.75. The Kier molecular flexibility index (Phi) is 5.32. The van der Waals surface area contributed by atoms with Crippen LogP contribution in [-0.4, -0.2) is 47.1 Å². The molecule has 2 aromatic rings. The zero-order chi connectivity index (χ0) is 21.7. The van der Waals surface area contributed by atoms with Gasteiger partial charge in [-0.1, -0.05) is 12.1 Å². The van der Waals surface area contributed by atoms with Crippen LogP contribution in [0.1, 0.15) is 49.3 Å². The number of thioether (sulfide) groups is 1. The highest BCUT2D eigenvalue weighted by Crippen LogP contribution is 2.37. The average Bonchev–Trinajstić information content (AvgIpc) is 2.94. The number of benzene rings is 1. The van der Waals surface area contributed by atoms with Crippen molar-refractivity contribution in [3.63, 3.8) is 0 Å². The van der Waals surface area contributed by atoms with Gasteiger partial charge in [0, 0.05) is 16.9 Å². The number of aromatic nitrogens is 2. The van der Waals surface area contributed by atoms with E-state index in [1.807, 2.05) is 33.8 Å². The van der Waals surface area contributed by atoms with E-state index in [0.717, 1.165) is 23.4 Å². The summed E-state index contributed by atoms with van der Waals surface area (Å²) in [6.45, 7) is 7.83. The molecule has 0 saturated carbocycles. The number of nitrogens with one attached hydrogen (secondary N) is 1. The van der Waals surface area contributed by atoms with Gasteiger partial charge in [-0.05, 0) is 51.4 Å². The van der Waals surface area contributed by atoms with Gasteiger partial charge in [0.25, 0.3) is 5.56 Å². The summed E-state index contributed by atoms with van der Waals surface area (Å²) in [5.41, 5.74) is 1.90. The quantitative estimate of drug-likeness (QED) is 0.593. The van der Waals surface area contributed by atoms with Crippen LogP contribution in [0, 0.1) is 0 Å². The zero-order valence-electron chi connectivity index (χ0n) is 17.8. The van der Waals surface area contributed by atoms with Gasteiger partial charge in [-0.15, -0.1) is 0 Å². The molecule has 1 N–H and O–H groups in total. The number of methoxy groups -OCH3 is 1. The van der Waals surface area contributed by atoms with Gasteiger partial charge in [-0.3, -0.25) is 4.79 Å². The van der Waals surface area contributed by atoms with E-state index in [1.165, 1.54) is 7.11 Å². The lowest BCUT2D eigenvalue weighted by Gasteiger charge is -2.32. The Morgan fingerprint density at radius 3 is 2.60 bits per heavy atom. The van der Waals surface area contributed by atoms with E-state index < -0.39 is 24.3 Å². The maximum Gasteiger partial charge on any atom is 0.495 e. The van der Waals surface area contributed by atoms with Crippen LogP contribution in [-0.2, 0) is 26.2 Å². The number of H-pyrrole nitrogens is 1. The van der Waals surface area contributed by atoms with Crippen LogP contribution in [0.3, 0.4) is 0 Å². The number of hydrogen-bond acceptors (Lipinski definition) is 7. The first-order chi connectivity index (χ1) is 14.1. The minimum absolute atomic E-state index is 0.128. The van der Waals surface area contributed by atoms with Crippen molar-refractivity contribution in [3.05, 3.63) is 45.4 Å². The molecule has 0 atom stereocenters. The Morgan fingerprint density at radius 2 is 1.93 bits per heavy atom. The predicted molar refractivity (Wildman–Crippen MR) is 117 cm³/mol. The summed E-state index contributed by atoms with van der Waals surface area (Å²) in [5, 5.41) is 0. The summed E-state index contributed by atoms with van der Waals surface area (Å²) in [6.07, 6.45) is 0.757. The van der Waals surface area contributed by atoms with Crippen molar-refractivity contribution in [1.82, 2.24) is 9.97 Å². The standard InChI is InChI=1S/C21H25BN2O5S/c1-20(2)21(3,4)29-22(28-20)15-7-6-12(10-13(15)19(26)27-5)17-23-16-8-9-30-11-14(16)18(25)24-17/h6-7,10H,8-9,11H2,1-5H3,(H,23,24,25). The molecule has 30 heavy (non-hydrogen) atoms. The van der Waals surface area contributed by atoms with E-state index in [-0.39, 0.29) is 5.56 Å². The molecule has 0 spiro atoms. The fourth-order valence-electron chi connectivity index (χ4n) is 3.55. The van der Waals surface area contributed by atoms with E-state index in [2.05, 4.69) is 9.97 Å². The van der Waals surface area contributed by atoms with Crippen LogP contribution in [0.4, 0.5) is 0 Å². The number of esters is 1. The maximum atomic E-state index is 12.6. The first kappa shape index (κ1) is 21.1. The van der Waals surface area contributed by atoms with Crippen molar-refractivity contribution in [2.45, 2.75) is 51.1 Å². The second-order valence-corrected chi connectivity index (χ2v) is 9.63. The molecule has 1 fully saturated rings. The molecule has 0 bridgehead atoms. The van der Waals surface area contributed by atoms with Gasteiger partial charge in [-0.25, -0.2) is 9.78 Å². The first-order valence-electron chi connectivity index (χ1n) is 9.91. The Hall–Kier alpha value is -2.10. The molecule has 0 amide bonds. The molecule has 7 nitrogen and oxygen atoms in total. The summed E-state index contributed by atoms with van der Waals surface area (Å²) in [5.74, 6) is 1.55. The zero-order valence-corrected chi connectivity index (χ0v) is 18.6. The number of rotatable bonds is 3. The third-order valence-electron chi connectivity index (χ3n) is 6.07. The third-order valence-corrected chi connectivity index (χ3v) is 7.06. The minimum Gasteiger partial charge on any atom is -0.465 e. The second-order valence-electron chi connectivity index (χ2n) is 8.52. The molecule has 2 aliphatic heterocycles. The fraction of sp³-hybridized carbons (Fsp3) is 0.476. The third kappa shape index (κ3) is 3.59. The normalized spacial score (nSPS) is 19.4. The number of hydrogen-bond donors (Lipinski definition) is 1. The predicted octanol–water partition coefficient (Wildman–Crippen LogP) is 2.31. The van der Waals surface area contributed by atoms with Crippen LogP contribution in [0.5, 0.6) is 0 Å². The molecule has 1 saturated heterocycles. The Labute approximate surface area is 180 Å². The highest BCUT2D eigenvalue weighted by Gasteiger charge is 2.52. The van der Waals surface area contributed by atoms with Crippen molar-refractivity contribution in [1.29, 1.82) is 0 Å². The summed E-state index contributed by atoms with van der Waals surface area (Å²) >= 11 is 1.73. The fourth-order valence-corrected chi connectivity index (χ4v) is 4.53. The van der Waals surface area contributed by atoms with Gasteiger partial charge in [0.2, 0.25) is 0 Å². The molecule has 3 heterocycles. The van der Waals surface area contributed by atoms with Gasteiger partial charge in [0.1, 0.15) is 5.82 Å². The first-order valence-corrected chi connectivity index (χ1v) is 11.1. The van der Waals surface area contributed by atoms with Crippen molar-refractivity contribution < 1.29 is 18.8 Å². The van der Waals surface area contributed by atoms with Crippen molar-refractivity contribution in [2.75, 3.05) is 12.9 Å². The largest absolute Gasteiger partial charge is 0.495 e. The lowest BCUT2D eigenvalue weighted by Crippen LogP contribution is -2.41. The molecular formula is C21H25BN2O5S. The van der Waals surface area contributed by atoms with E-state index in [9.17, 15) is 9.59 Å². The molecule has 2 aliphatic rings. The van der Waals surface area contributed by atoms with Crippen LogP contribution in [0.15, 0.2) is 23.0 Å². The Morgan fingerprint density at radius 1 is 1.23 bits per heavy atom. The molecule has 1 aromatic heterocycles.